The minimum absolute atomic E-state index is 0.280. The van der Waals surface area contributed by atoms with Gasteiger partial charge < -0.3 is 19.3 Å². The molecule has 1 aliphatic heterocycles. The van der Waals surface area contributed by atoms with E-state index in [0.717, 1.165) is 37.4 Å². The fourth-order valence-electron chi connectivity index (χ4n) is 2.69. The Labute approximate surface area is 129 Å². The first kappa shape index (κ1) is 14.8. The van der Waals surface area contributed by atoms with Gasteiger partial charge in [0.25, 0.3) is 0 Å². The Morgan fingerprint density at radius 1 is 1.32 bits per heavy atom. The topological polar surface area (TPSA) is 69.4 Å². The van der Waals surface area contributed by atoms with Crippen molar-refractivity contribution in [3.05, 3.63) is 24.3 Å². The molecule has 1 aromatic carbocycles. The van der Waals surface area contributed by atoms with Crippen LogP contribution in [0.25, 0.3) is 11.4 Å². The standard InChI is InChI=1S/C16H21N3O3/c1-11(12-6-8-21-9-7-12)17-16-18-15(19-22-16)13-4-3-5-14(10-13)20-2/h3-5,10-12H,6-9H2,1-2H3,(H,17,18,19). The molecule has 6 heteroatoms. The summed E-state index contributed by atoms with van der Waals surface area (Å²) in [6.45, 7) is 3.80. The number of ether oxygens (including phenoxy) is 2. The molecule has 0 bridgehead atoms. The van der Waals surface area contributed by atoms with Crippen molar-refractivity contribution >= 4 is 6.01 Å². The molecule has 0 radical (unpaired) electrons. The third kappa shape index (κ3) is 3.39. The molecule has 0 saturated carbocycles. The lowest BCUT2D eigenvalue weighted by molar-refractivity contribution is 0.0619. The summed E-state index contributed by atoms with van der Waals surface area (Å²) >= 11 is 0. The van der Waals surface area contributed by atoms with Crippen molar-refractivity contribution in [2.75, 3.05) is 25.6 Å². The van der Waals surface area contributed by atoms with E-state index < -0.39 is 0 Å². The molecule has 0 spiro atoms. The molecule has 22 heavy (non-hydrogen) atoms. The summed E-state index contributed by atoms with van der Waals surface area (Å²) in [5.41, 5.74) is 0.870. The van der Waals surface area contributed by atoms with Crippen LogP contribution in [0, 0.1) is 5.92 Å². The summed E-state index contributed by atoms with van der Waals surface area (Å²) in [5.74, 6) is 1.90. The molecule has 1 fully saturated rings. The van der Waals surface area contributed by atoms with E-state index in [-0.39, 0.29) is 6.04 Å². The minimum Gasteiger partial charge on any atom is -0.497 e. The number of anilines is 1. The minimum atomic E-state index is 0.280. The third-order valence-electron chi connectivity index (χ3n) is 4.08. The number of benzene rings is 1. The number of aromatic nitrogens is 2. The summed E-state index contributed by atoms with van der Waals surface area (Å²) in [5, 5.41) is 7.33. The molecular formula is C16H21N3O3. The van der Waals surface area contributed by atoms with Gasteiger partial charge in [-0.1, -0.05) is 17.3 Å². The Balaban J connectivity index is 1.67. The first-order valence-electron chi connectivity index (χ1n) is 7.58. The first-order chi connectivity index (χ1) is 10.8. The van der Waals surface area contributed by atoms with Gasteiger partial charge in [0.2, 0.25) is 5.82 Å². The Morgan fingerprint density at radius 2 is 2.14 bits per heavy atom. The molecule has 1 saturated heterocycles. The van der Waals surface area contributed by atoms with Gasteiger partial charge in [-0.15, -0.1) is 0 Å². The van der Waals surface area contributed by atoms with Crippen LogP contribution >= 0.6 is 0 Å². The number of nitrogens with zero attached hydrogens (tertiary/aromatic N) is 2. The van der Waals surface area contributed by atoms with Crippen molar-refractivity contribution in [3.8, 4) is 17.1 Å². The molecule has 1 aliphatic rings. The van der Waals surface area contributed by atoms with E-state index in [2.05, 4.69) is 22.4 Å². The highest BCUT2D eigenvalue weighted by Crippen LogP contribution is 2.24. The van der Waals surface area contributed by atoms with Crippen LogP contribution in [0.4, 0.5) is 6.01 Å². The maximum atomic E-state index is 5.39. The highest BCUT2D eigenvalue weighted by atomic mass is 16.5. The van der Waals surface area contributed by atoms with Crippen LogP contribution < -0.4 is 10.1 Å². The molecule has 118 valence electrons. The largest absolute Gasteiger partial charge is 0.497 e. The van der Waals surface area contributed by atoms with Crippen molar-refractivity contribution in [2.45, 2.75) is 25.8 Å². The van der Waals surface area contributed by atoms with Crippen LogP contribution in [-0.2, 0) is 4.74 Å². The predicted molar refractivity (Wildman–Crippen MR) is 82.9 cm³/mol. The number of methoxy groups -OCH3 is 1. The lowest BCUT2D eigenvalue weighted by Gasteiger charge is -2.27. The van der Waals surface area contributed by atoms with Gasteiger partial charge in [0.1, 0.15) is 5.75 Å². The molecule has 6 nitrogen and oxygen atoms in total. The lowest BCUT2D eigenvalue weighted by atomic mass is 9.93. The van der Waals surface area contributed by atoms with Crippen LogP contribution in [0.5, 0.6) is 5.75 Å². The van der Waals surface area contributed by atoms with Gasteiger partial charge in [-0.3, -0.25) is 0 Å². The highest BCUT2D eigenvalue weighted by Gasteiger charge is 2.22. The van der Waals surface area contributed by atoms with Gasteiger partial charge >= 0.3 is 6.01 Å². The van der Waals surface area contributed by atoms with E-state index in [1.54, 1.807) is 7.11 Å². The second kappa shape index (κ2) is 6.79. The number of hydrogen-bond donors (Lipinski definition) is 1. The van der Waals surface area contributed by atoms with Crippen molar-refractivity contribution in [1.82, 2.24) is 10.1 Å². The molecule has 1 N–H and O–H groups in total. The summed E-state index contributed by atoms with van der Waals surface area (Å²) in [4.78, 5) is 4.42. The van der Waals surface area contributed by atoms with Crippen LogP contribution in [0.1, 0.15) is 19.8 Å². The monoisotopic (exact) mass is 303 g/mol. The van der Waals surface area contributed by atoms with E-state index in [4.69, 9.17) is 14.0 Å². The summed E-state index contributed by atoms with van der Waals surface area (Å²) in [7, 11) is 1.64. The SMILES string of the molecule is COc1cccc(-c2noc(NC(C)C3CCOCC3)n2)c1. The van der Waals surface area contributed by atoms with Crippen molar-refractivity contribution in [3.63, 3.8) is 0 Å². The highest BCUT2D eigenvalue weighted by molar-refractivity contribution is 5.57. The van der Waals surface area contributed by atoms with Gasteiger partial charge in [-0.2, -0.15) is 4.98 Å². The van der Waals surface area contributed by atoms with Crippen LogP contribution in [0.15, 0.2) is 28.8 Å². The molecule has 0 amide bonds. The van der Waals surface area contributed by atoms with Crippen LogP contribution in [0.2, 0.25) is 0 Å². The van der Waals surface area contributed by atoms with E-state index in [9.17, 15) is 0 Å². The molecule has 2 heterocycles. The number of rotatable bonds is 5. The lowest BCUT2D eigenvalue weighted by Crippen LogP contribution is -2.31. The average Bonchev–Trinajstić information content (AvgIpc) is 3.04. The average molecular weight is 303 g/mol. The van der Waals surface area contributed by atoms with Gasteiger partial charge in [0, 0.05) is 24.8 Å². The maximum absolute atomic E-state index is 5.39. The zero-order valence-corrected chi connectivity index (χ0v) is 12.9. The normalized spacial score (nSPS) is 17.2. The van der Waals surface area contributed by atoms with E-state index in [1.165, 1.54) is 0 Å². The molecule has 0 aliphatic carbocycles. The van der Waals surface area contributed by atoms with Gasteiger partial charge in [0.05, 0.1) is 7.11 Å². The Kier molecular flexibility index (Phi) is 4.58. The number of hydrogen-bond acceptors (Lipinski definition) is 6. The first-order valence-corrected chi connectivity index (χ1v) is 7.58. The summed E-state index contributed by atoms with van der Waals surface area (Å²) in [6.07, 6.45) is 2.12. The smallest absolute Gasteiger partial charge is 0.322 e. The zero-order chi connectivity index (χ0) is 15.4. The third-order valence-corrected chi connectivity index (χ3v) is 4.08. The van der Waals surface area contributed by atoms with E-state index in [0.29, 0.717) is 17.8 Å². The van der Waals surface area contributed by atoms with Gasteiger partial charge in [-0.05, 0) is 37.8 Å². The van der Waals surface area contributed by atoms with Gasteiger partial charge in [0.15, 0.2) is 0 Å². The van der Waals surface area contributed by atoms with Crippen molar-refractivity contribution in [1.29, 1.82) is 0 Å². The fraction of sp³-hybridized carbons (Fsp3) is 0.500. The second-order valence-electron chi connectivity index (χ2n) is 5.54. The van der Waals surface area contributed by atoms with Gasteiger partial charge in [-0.25, -0.2) is 0 Å². The van der Waals surface area contributed by atoms with Crippen LogP contribution in [-0.4, -0.2) is 36.5 Å². The number of nitrogens with one attached hydrogen (secondary N) is 1. The fourth-order valence-corrected chi connectivity index (χ4v) is 2.69. The van der Waals surface area contributed by atoms with Crippen LogP contribution in [0.3, 0.4) is 0 Å². The van der Waals surface area contributed by atoms with Crippen molar-refractivity contribution < 1.29 is 14.0 Å². The molecule has 3 rings (SSSR count). The molecule has 2 aromatic rings. The van der Waals surface area contributed by atoms with E-state index >= 15 is 0 Å². The molecule has 1 unspecified atom stereocenters. The Hall–Kier alpha value is -2.08. The quantitative estimate of drug-likeness (QED) is 0.915. The predicted octanol–water partition coefficient (Wildman–Crippen LogP) is 2.97. The maximum Gasteiger partial charge on any atom is 0.322 e. The molecule has 1 aromatic heterocycles. The molecular weight excluding hydrogens is 282 g/mol. The second-order valence-corrected chi connectivity index (χ2v) is 5.54. The summed E-state index contributed by atoms with van der Waals surface area (Å²) < 4.78 is 15.9. The molecule has 1 atom stereocenters. The van der Waals surface area contributed by atoms with Crippen molar-refractivity contribution in [2.24, 2.45) is 5.92 Å². The van der Waals surface area contributed by atoms with E-state index in [1.807, 2.05) is 24.3 Å². The Bertz CT molecular complexity index is 608. The zero-order valence-electron chi connectivity index (χ0n) is 12.9. The Morgan fingerprint density at radius 3 is 2.91 bits per heavy atom. The summed E-state index contributed by atoms with van der Waals surface area (Å²) in [6, 6.07) is 8.34.